The number of nitrogens with one attached hydrogen (secondary N) is 1. The van der Waals surface area contributed by atoms with Crippen LogP contribution in [0, 0.1) is 16.7 Å². The van der Waals surface area contributed by atoms with Crippen molar-refractivity contribution in [1.82, 2.24) is 14.8 Å². The van der Waals surface area contributed by atoms with Crippen LogP contribution in [-0.4, -0.2) is 111 Å². The van der Waals surface area contributed by atoms with E-state index < -0.39 is 87.8 Å². The number of aliphatic hydroxyl groups excluding tert-OH is 2. The van der Waals surface area contributed by atoms with Crippen molar-refractivity contribution in [3.05, 3.63) is 45.1 Å². The molecule has 1 saturated carbocycles. The third-order valence-electron chi connectivity index (χ3n) is 8.70. The molecule has 5 atom stereocenters. The number of nitrogens with two attached hydrogens (primary N) is 1. The van der Waals surface area contributed by atoms with Crippen LogP contribution >= 0.6 is 0 Å². The predicted octanol–water partition coefficient (Wildman–Crippen LogP) is 0.745. The first-order chi connectivity index (χ1) is 20.3. The highest BCUT2D eigenvalue weighted by atomic mass is 16.3. The van der Waals surface area contributed by atoms with Gasteiger partial charge in [-0.1, -0.05) is 6.07 Å². The smallest absolute Gasteiger partial charge is 0.255 e. The van der Waals surface area contributed by atoms with Gasteiger partial charge in [0.15, 0.2) is 11.4 Å². The van der Waals surface area contributed by atoms with Crippen molar-refractivity contribution in [2.75, 3.05) is 40.1 Å². The van der Waals surface area contributed by atoms with Gasteiger partial charge < -0.3 is 36.4 Å². The van der Waals surface area contributed by atoms with Crippen LogP contribution in [0.25, 0.3) is 5.76 Å². The summed E-state index contributed by atoms with van der Waals surface area (Å²) in [4.78, 5) is 67.0. The molecule has 7 N–H and O–H groups in total. The number of nitroso groups, excluding NO2 is 1. The Morgan fingerprint density at radius 1 is 1.07 bits per heavy atom. The summed E-state index contributed by atoms with van der Waals surface area (Å²) in [7, 11) is 6.46. The number of benzene rings is 1. The number of likely N-dealkylation sites (N-methyl/N-ethyl adjacent to an activating group) is 1. The summed E-state index contributed by atoms with van der Waals surface area (Å²) in [5.74, 6) is -8.55. The van der Waals surface area contributed by atoms with Crippen LogP contribution in [0.15, 0.2) is 34.3 Å². The number of phenolic OH excluding ortho intramolecular Hbond substituents is 1. The molecule has 1 unspecified atom stereocenters. The Hall–Kier alpha value is -4.34. The molecule has 15 nitrogen and oxygen atoms in total. The lowest BCUT2D eigenvalue weighted by Crippen LogP contribution is -2.66. The maximum atomic E-state index is 14.2. The Bertz CT molecular complexity index is 1530. The lowest BCUT2D eigenvalue weighted by atomic mass is 9.56. The van der Waals surface area contributed by atoms with Crippen molar-refractivity contribution in [3.63, 3.8) is 0 Å². The second-order valence-corrected chi connectivity index (χ2v) is 12.9. The second kappa shape index (κ2) is 11.0. The van der Waals surface area contributed by atoms with Gasteiger partial charge in [-0.05, 0) is 67.0 Å². The Kier molecular flexibility index (Phi) is 8.13. The number of Topliss-reactive ketones (excluding diaryl/α,β-unsaturated/α-hetero) is 2. The Balaban J connectivity index is 1.89. The maximum absolute atomic E-state index is 14.2. The van der Waals surface area contributed by atoms with Gasteiger partial charge in [0.05, 0.1) is 28.1 Å². The van der Waals surface area contributed by atoms with E-state index in [1.54, 1.807) is 45.8 Å². The molecule has 0 radical (unpaired) electrons. The minimum absolute atomic E-state index is 0.0881. The fraction of sp³-hybridized carbons (Fsp3) is 0.517. The van der Waals surface area contributed by atoms with Gasteiger partial charge >= 0.3 is 0 Å². The van der Waals surface area contributed by atoms with Crippen LogP contribution in [-0.2, 0) is 19.2 Å². The Morgan fingerprint density at radius 2 is 1.66 bits per heavy atom. The van der Waals surface area contributed by atoms with E-state index in [2.05, 4.69) is 10.6 Å². The number of amides is 2. The van der Waals surface area contributed by atoms with Crippen LogP contribution in [0.4, 0.5) is 5.69 Å². The van der Waals surface area contributed by atoms with E-state index in [0.29, 0.717) is 5.56 Å². The van der Waals surface area contributed by atoms with Gasteiger partial charge in [0.1, 0.15) is 29.4 Å². The quantitative estimate of drug-likeness (QED) is 0.108. The van der Waals surface area contributed by atoms with Gasteiger partial charge in [-0.2, -0.15) is 0 Å². The van der Waals surface area contributed by atoms with Crippen molar-refractivity contribution >= 4 is 34.8 Å². The van der Waals surface area contributed by atoms with Crippen LogP contribution in [0.1, 0.15) is 44.4 Å². The number of primary amides is 1. The van der Waals surface area contributed by atoms with Gasteiger partial charge in [-0.15, -0.1) is 4.91 Å². The summed E-state index contributed by atoms with van der Waals surface area (Å²) in [6, 6.07) is 1.08. The van der Waals surface area contributed by atoms with Crippen molar-refractivity contribution in [3.8, 4) is 5.75 Å². The molecule has 4 rings (SSSR count). The summed E-state index contributed by atoms with van der Waals surface area (Å²) in [5, 5.41) is 52.2. The molecular formula is C29H38N6O9. The fourth-order valence-corrected chi connectivity index (χ4v) is 6.69. The van der Waals surface area contributed by atoms with Crippen LogP contribution in [0.2, 0.25) is 0 Å². The average molecular weight is 615 g/mol. The molecule has 0 aliphatic heterocycles. The number of nitrogens with zero attached hydrogens (tertiary/aromatic N) is 4. The molecule has 1 fully saturated rings. The number of rotatable bonds is 7. The first kappa shape index (κ1) is 32.6. The summed E-state index contributed by atoms with van der Waals surface area (Å²) in [5.41, 5.74) is 0.644. The highest BCUT2D eigenvalue weighted by Crippen LogP contribution is 2.57. The Labute approximate surface area is 253 Å². The number of carbonyl (C=O) groups is 4. The number of fused-ring (bicyclic) bond motifs is 3. The van der Waals surface area contributed by atoms with E-state index in [4.69, 9.17) is 5.73 Å². The fourth-order valence-electron chi connectivity index (χ4n) is 6.69. The van der Waals surface area contributed by atoms with Crippen molar-refractivity contribution in [2.45, 2.75) is 50.4 Å². The standard InChI is InChI=1S/C29H38N6O9/c1-28(2,3)35(32-44)11-16(36)31-15-9-8-12-17(22(15)37)23(38)18-13(20(12)33(4)5)10-14-21(34(6)7)24(39)19(27(30)42)26(41)29(14,43)25(18)40/h8-9,13-14,20-21,37-38,41,43H,10-11H2,1-7H3,(H2,30,42)(H,31,36)/t13-,14-,20?,21-,29-/m0/s1. The minimum atomic E-state index is -2.79. The predicted molar refractivity (Wildman–Crippen MR) is 158 cm³/mol. The molecule has 0 aromatic heterocycles. The SMILES string of the molecule is CN(C)C1c2ccc(NC(=O)CN(N=O)C(C)(C)C)c(O)c2C(O)=C2C(=O)[C@]3(O)C(O)=C(C(N)=O)C(=O)[C@@H](N(C)C)[C@@H]3C[C@@H]21. The summed E-state index contributed by atoms with van der Waals surface area (Å²) in [6.45, 7) is 4.61. The van der Waals surface area contributed by atoms with E-state index in [1.165, 1.54) is 25.1 Å². The number of aromatic hydroxyl groups is 1. The number of ketones is 2. The molecule has 1 aromatic rings. The van der Waals surface area contributed by atoms with E-state index in [1.807, 2.05) is 0 Å². The van der Waals surface area contributed by atoms with E-state index in [-0.39, 0.29) is 23.2 Å². The normalized spacial score (nSPS) is 26.8. The zero-order valence-electron chi connectivity index (χ0n) is 25.6. The number of aliphatic hydroxyl groups is 3. The maximum Gasteiger partial charge on any atom is 0.255 e. The Morgan fingerprint density at radius 3 is 2.16 bits per heavy atom. The van der Waals surface area contributed by atoms with Crippen molar-refractivity contribution < 1.29 is 39.6 Å². The molecule has 238 valence electrons. The molecule has 15 heteroatoms. The molecule has 1 aromatic carbocycles. The van der Waals surface area contributed by atoms with E-state index in [0.717, 1.165) is 5.01 Å². The van der Waals surface area contributed by atoms with Crippen LogP contribution in [0.3, 0.4) is 0 Å². The molecular weight excluding hydrogens is 576 g/mol. The summed E-state index contributed by atoms with van der Waals surface area (Å²) >= 11 is 0. The molecule has 0 spiro atoms. The zero-order chi connectivity index (χ0) is 33.2. The monoisotopic (exact) mass is 614 g/mol. The van der Waals surface area contributed by atoms with E-state index in [9.17, 15) is 44.5 Å². The zero-order valence-corrected chi connectivity index (χ0v) is 25.6. The first-order valence-corrected chi connectivity index (χ1v) is 13.9. The van der Waals surface area contributed by atoms with Gasteiger partial charge in [-0.3, -0.25) is 24.1 Å². The highest BCUT2D eigenvalue weighted by Gasteiger charge is 2.65. The molecule has 3 aliphatic rings. The second-order valence-electron chi connectivity index (χ2n) is 12.9. The lowest BCUT2D eigenvalue weighted by molar-refractivity contribution is -0.154. The lowest BCUT2D eigenvalue weighted by Gasteiger charge is -2.52. The van der Waals surface area contributed by atoms with Crippen molar-refractivity contribution in [2.24, 2.45) is 22.9 Å². The first-order valence-electron chi connectivity index (χ1n) is 13.9. The number of carbonyl (C=O) groups excluding carboxylic acids is 4. The van der Waals surface area contributed by atoms with Crippen LogP contribution < -0.4 is 11.1 Å². The minimum Gasteiger partial charge on any atom is -0.508 e. The van der Waals surface area contributed by atoms with Crippen LogP contribution in [0.5, 0.6) is 5.75 Å². The van der Waals surface area contributed by atoms with Gasteiger partial charge in [-0.25, -0.2) is 5.01 Å². The highest BCUT2D eigenvalue weighted by molar-refractivity contribution is 6.24. The van der Waals surface area contributed by atoms with Crippen molar-refractivity contribution in [1.29, 1.82) is 0 Å². The topological polar surface area (TPSA) is 226 Å². The number of anilines is 1. The summed E-state index contributed by atoms with van der Waals surface area (Å²) < 4.78 is 0. The third kappa shape index (κ3) is 4.80. The van der Waals surface area contributed by atoms with Gasteiger partial charge in [0, 0.05) is 23.5 Å². The largest absolute Gasteiger partial charge is 0.508 e. The molecule has 0 bridgehead atoms. The molecule has 3 aliphatic carbocycles. The van der Waals surface area contributed by atoms with E-state index >= 15 is 0 Å². The number of hydrogen-bond donors (Lipinski definition) is 6. The number of phenols is 1. The molecule has 2 amide bonds. The average Bonchev–Trinajstić information content (AvgIpc) is 2.89. The molecule has 44 heavy (non-hydrogen) atoms. The molecule has 0 saturated heterocycles. The third-order valence-corrected chi connectivity index (χ3v) is 8.70. The summed E-state index contributed by atoms with van der Waals surface area (Å²) in [6.07, 6.45) is -0.0881. The number of hydrogen-bond acceptors (Lipinski definition) is 12. The van der Waals surface area contributed by atoms with Gasteiger partial charge in [0.25, 0.3) is 5.91 Å². The molecule has 0 heterocycles. The van der Waals surface area contributed by atoms with Gasteiger partial charge in [0.2, 0.25) is 11.7 Å².